The Morgan fingerprint density at radius 1 is 1.29 bits per heavy atom. The largest absolute Gasteiger partial charge is 0.302 e. The maximum Gasteiger partial charge on any atom is 0.264 e. The van der Waals surface area contributed by atoms with Crippen molar-refractivity contribution >= 4 is 19.8 Å². The Labute approximate surface area is 89.9 Å². The van der Waals surface area contributed by atoms with Gasteiger partial charge in [-0.15, -0.1) is 0 Å². The number of nitrogens with one attached hydrogen (secondary N) is 1. The van der Waals surface area contributed by atoms with Crippen molar-refractivity contribution in [3.05, 3.63) is 0 Å². The van der Waals surface area contributed by atoms with Gasteiger partial charge in [0.2, 0.25) is 0 Å². The van der Waals surface area contributed by atoms with Crippen molar-refractivity contribution in [2.24, 2.45) is 0 Å². The summed E-state index contributed by atoms with van der Waals surface area (Å²) in [5.74, 6) is 0. The van der Waals surface area contributed by atoms with Gasteiger partial charge in [0.15, 0.2) is 0 Å². The van der Waals surface area contributed by atoms with Crippen LogP contribution >= 0.6 is 10.8 Å². The third-order valence-electron chi connectivity index (χ3n) is 2.37. The molecule has 6 heteroatoms. The summed E-state index contributed by atoms with van der Waals surface area (Å²) in [6.45, 7) is 3.59. The highest BCUT2D eigenvalue weighted by Crippen LogP contribution is 2.08. The van der Waals surface area contributed by atoms with Crippen LogP contribution in [-0.2, 0) is 9.06 Å². The molecule has 1 aliphatic rings. The smallest absolute Gasteiger partial charge is 0.264 e. The molecule has 14 heavy (non-hydrogen) atoms. The molecular weight excluding hydrogens is 220 g/mol. The van der Waals surface area contributed by atoms with Crippen molar-refractivity contribution in [2.45, 2.75) is 19.3 Å². The number of piperidine rings is 1. The molecule has 0 saturated carbocycles. The molecule has 0 aromatic carbocycles. The van der Waals surface area contributed by atoms with E-state index in [1.54, 1.807) is 6.26 Å². The maximum atomic E-state index is 11.1. The van der Waals surface area contributed by atoms with Crippen LogP contribution in [0.15, 0.2) is 0 Å². The Hall–Kier alpha value is 0.220. The summed E-state index contributed by atoms with van der Waals surface area (Å²) in [6.07, 6.45) is 5.38. The third kappa shape index (κ3) is 4.63. The minimum atomic E-state index is -3.08. The Balaban J connectivity index is 2.14. The molecule has 1 aliphatic heterocycles. The Bertz CT molecular complexity index is 248. The van der Waals surface area contributed by atoms with Crippen molar-refractivity contribution in [3.8, 4) is 0 Å². The quantitative estimate of drug-likeness (QED) is 0.715. The fourth-order valence-electron chi connectivity index (χ4n) is 1.57. The van der Waals surface area contributed by atoms with Gasteiger partial charge >= 0.3 is 0 Å². The maximum absolute atomic E-state index is 11.1. The lowest BCUT2D eigenvalue weighted by atomic mass is 10.1. The molecule has 1 saturated heterocycles. The predicted molar refractivity (Wildman–Crippen MR) is 60.7 cm³/mol. The summed E-state index contributed by atoms with van der Waals surface area (Å²) in [4.78, 5) is 2.31. The van der Waals surface area contributed by atoms with Crippen LogP contribution < -0.4 is 4.72 Å². The summed E-state index contributed by atoms with van der Waals surface area (Å²) in [5, 5.41) is 0. The number of hydrogen-bond donors (Lipinski definition) is 1. The minimum absolute atomic E-state index is 0.531. The molecule has 0 spiro atoms. The highest BCUT2D eigenvalue weighted by molar-refractivity contribution is 8.71. The molecule has 1 fully saturated rings. The lowest BCUT2D eigenvalue weighted by molar-refractivity contribution is 0.233. The van der Waals surface area contributed by atoms with Crippen LogP contribution in [0.25, 0.3) is 0 Å². The fourth-order valence-corrected chi connectivity index (χ4v) is 2.63. The second-order valence-corrected chi connectivity index (χ2v) is 7.26. The molecule has 0 radical (unpaired) electrons. The first kappa shape index (κ1) is 12.3. The van der Waals surface area contributed by atoms with E-state index in [2.05, 4.69) is 9.62 Å². The van der Waals surface area contributed by atoms with E-state index in [1.165, 1.54) is 19.3 Å². The number of likely N-dealkylation sites (tertiary alicyclic amines) is 1. The van der Waals surface area contributed by atoms with Gasteiger partial charge in [0.25, 0.3) is 9.06 Å². The zero-order valence-corrected chi connectivity index (χ0v) is 10.2. The van der Waals surface area contributed by atoms with Crippen molar-refractivity contribution < 1.29 is 8.42 Å². The average Bonchev–Trinajstić information content (AvgIpc) is 2.19. The standard InChI is InChI=1S/C8H18N2O2S2/c1-13-14(11,12)9-5-8-10-6-3-2-4-7-10/h9H,2-8H2,1H3. The molecule has 0 aromatic rings. The second kappa shape index (κ2) is 5.95. The van der Waals surface area contributed by atoms with E-state index in [4.69, 9.17) is 0 Å². The molecule has 0 unspecified atom stereocenters. The van der Waals surface area contributed by atoms with E-state index in [9.17, 15) is 8.42 Å². The van der Waals surface area contributed by atoms with Crippen molar-refractivity contribution in [3.63, 3.8) is 0 Å². The molecule has 1 N–H and O–H groups in total. The molecule has 0 aliphatic carbocycles. The topological polar surface area (TPSA) is 49.4 Å². The SMILES string of the molecule is CSS(=O)(=O)NCCN1CCCCC1. The molecule has 0 atom stereocenters. The van der Waals surface area contributed by atoms with Gasteiger partial charge in [0.05, 0.1) is 0 Å². The first-order valence-electron chi connectivity index (χ1n) is 4.91. The Morgan fingerprint density at radius 3 is 2.50 bits per heavy atom. The van der Waals surface area contributed by atoms with E-state index in [1.807, 2.05) is 0 Å². The first-order chi connectivity index (χ1) is 6.64. The molecule has 0 aromatic heterocycles. The molecule has 0 bridgehead atoms. The fraction of sp³-hybridized carbons (Fsp3) is 1.00. The number of rotatable bonds is 5. The summed E-state index contributed by atoms with van der Waals surface area (Å²) in [6, 6.07) is 0. The van der Waals surface area contributed by atoms with Gasteiger partial charge < -0.3 is 4.90 Å². The number of hydrogen-bond acceptors (Lipinski definition) is 4. The van der Waals surface area contributed by atoms with Gasteiger partial charge in [-0.05, 0) is 43.0 Å². The van der Waals surface area contributed by atoms with Crippen LogP contribution in [-0.4, -0.2) is 45.8 Å². The van der Waals surface area contributed by atoms with Gasteiger partial charge in [-0.25, -0.2) is 13.1 Å². The van der Waals surface area contributed by atoms with Crippen molar-refractivity contribution in [2.75, 3.05) is 32.4 Å². The van der Waals surface area contributed by atoms with E-state index in [0.717, 1.165) is 30.4 Å². The molecular formula is C8H18N2O2S2. The summed E-state index contributed by atoms with van der Waals surface area (Å²) in [5.41, 5.74) is 0. The summed E-state index contributed by atoms with van der Waals surface area (Å²) < 4.78 is 24.7. The predicted octanol–water partition coefficient (Wildman–Crippen LogP) is 0.670. The van der Waals surface area contributed by atoms with Crippen molar-refractivity contribution in [1.82, 2.24) is 9.62 Å². The highest BCUT2D eigenvalue weighted by Gasteiger charge is 2.11. The van der Waals surface area contributed by atoms with Gasteiger partial charge in [0, 0.05) is 13.1 Å². The van der Waals surface area contributed by atoms with E-state index >= 15 is 0 Å². The summed E-state index contributed by atoms with van der Waals surface area (Å²) in [7, 11) is -2.22. The average molecular weight is 238 g/mol. The lowest BCUT2D eigenvalue weighted by Crippen LogP contribution is -2.36. The van der Waals surface area contributed by atoms with E-state index in [-0.39, 0.29) is 0 Å². The molecule has 1 heterocycles. The van der Waals surface area contributed by atoms with Crippen LogP contribution in [0.2, 0.25) is 0 Å². The van der Waals surface area contributed by atoms with Crippen molar-refractivity contribution in [1.29, 1.82) is 0 Å². The van der Waals surface area contributed by atoms with Gasteiger partial charge in [-0.2, -0.15) is 0 Å². The normalized spacial score (nSPS) is 19.8. The van der Waals surface area contributed by atoms with Crippen LogP contribution in [0.4, 0.5) is 0 Å². The van der Waals surface area contributed by atoms with E-state index in [0.29, 0.717) is 6.54 Å². The highest BCUT2D eigenvalue weighted by atomic mass is 33.1. The van der Waals surface area contributed by atoms with Crippen LogP contribution in [0.3, 0.4) is 0 Å². The lowest BCUT2D eigenvalue weighted by Gasteiger charge is -2.26. The van der Waals surface area contributed by atoms with Crippen LogP contribution in [0, 0.1) is 0 Å². The minimum Gasteiger partial charge on any atom is -0.302 e. The first-order valence-corrected chi connectivity index (χ1v) is 8.14. The molecule has 84 valence electrons. The molecule has 0 amide bonds. The second-order valence-electron chi connectivity index (χ2n) is 3.42. The monoisotopic (exact) mass is 238 g/mol. The van der Waals surface area contributed by atoms with Crippen LogP contribution in [0.5, 0.6) is 0 Å². The number of nitrogens with zero attached hydrogens (tertiary/aromatic N) is 1. The van der Waals surface area contributed by atoms with Crippen LogP contribution in [0.1, 0.15) is 19.3 Å². The van der Waals surface area contributed by atoms with Gasteiger partial charge in [-0.1, -0.05) is 6.42 Å². The third-order valence-corrected chi connectivity index (χ3v) is 5.04. The molecule has 4 nitrogen and oxygen atoms in total. The molecule has 1 rings (SSSR count). The Kier molecular flexibility index (Phi) is 5.22. The van der Waals surface area contributed by atoms with Gasteiger partial charge in [-0.3, -0.25) is 0 Å². The zero-order valence-electron chi connectivity index (χ0n) is 8.53. The van der Waals surface area contributed by atoms with E-state index < -0.39 is 9.06 Å². The zero-order chi connectivity index (χ0) is 10.4. The summed E-state index contributed by atoms with van der Waals surface area (Å²) >= 11 is 0. The Morgan fingerprint density at radius 2 is 1.93 bits per heavy atom. The van der Waals surface area contributed by atoms with Gasteiger partial charge in [0.1, 0.15) is 0 Å².